The summed E-state index contributed by atoms with van der Waals surface area (Å²) in [7, 11) is -3.51. The lowest BCUT2D eigenvalue weighted by Gasteiger charge is -2.10. The molecule has 0 bridgehead atoms. The summed E-state index contributed by atoms with van der Waals surface area (Å²) in [4.78, 5) is 11.6. The van der Waals surface area contributed by atoms with Crippen molar-refractivity contribution >= 4 is 21.8 Å². The van der Waals surface area contributed by atoms with E-state index in [-0.39, 0.29) is 11.3 Å². The molecule has 0 spiro atoms. The van der Waals surface area contributed by atoms with Crippen molar-refractivity contribution in [3.8, 4) is 5.75 Å². The molecule has 0 unspecified atom stereocenters. The smallest absolute Gasteiger partial charge is 0.334 e. The Bertz CT molecular complexity index is 774. The lowest BCUT2D eigenvalue weighted by Crippen LogP contribution is -2.14. The van der Waals surface area contributed by atoms with Crippen molar-refractivity contribution in [2.45, 2.75) is 4.90 Å². The Morgan fingerprint density at radius 2 is 1.71 bits per heavy atom. The molecular weight excluding hydrogens is 297 g/mol. The number of ether oxygens (including phenoxy) is 1. The fourth-order valence-corrected chi connectivity index (χ4v) is 2.43. The van der Waals surface area contributed by atoms with Crippen LogP contribution in [0.4, 0.5) is 9.57 Å². The van der Waals surface area contributed by atoms with Gasteiger partial charge >= 0.3 is 10.2 Å². The van der Waals surface area contributed by atoms with E-state index in [1.54, 1.807) is 18.2 Å². The molecule has 1 amide bonds. The fraction of sp³-hybridized carbons (Fsp3) is 0.0714. The van der Waals surface area contributed by atoms with Crippen LogP contribution in [0.25, 0.3) is 0 Å². The second-order valence-corrected chi connectivity index (χ2v) is 5.40. The van der Waals surface area contributed by atoms with Gasteiger partial charge in [0.25, 0.3) is 5.91 Å². The SMILES string of the molecule is COc1ccccc1C(=O)Nc1ccccc1S(=O)(=O)F. The molecule has 2 rings (SSSR count). The average Bonchev–Trinajstić information content (AvgIpc) is 2.46. The summed E-state index contributed by atoms with van der Waals surface area (Å²) in [6.45, 7) is 0. The standard InChI is InChI=1S/C14H12FNO4S/c1-20-12-8-4-2-6-10(12)14(17)16-11-7-3-5-9-13(11)21(15,18)19/h2-9H,1H3,(H,16,17). The van der Waals surface area contributed by atoms with Crippen molar-refractivity contribution in [2.24, 2.45) is 0 Å². The topological polar surface area (TPSA) is 72.5 Å². The molecule has 2 aromatic rings. The maximum absolute atomic E-state index is 13.2. The minimum absolute atomic E-state index is 0.129. The third kappa shape index (κ3) is 3.38. The van der Waals surface area contributed by atoms with E-state index in [2.05, 4.69) is 5.32 Å². The molecule has 5 nitrogen and oxygen atoms in total. The number of benzene rings is 2. The maximum Gasteiger partial charge on any atom is 0.334 e. The Morgan fingerprint density at radius 1 is 1.10 bits per heavy atom. The highest BCUT2D eigenvalue weighted by Gasteiger charge is 2.19. The largest absolute Gasteiger partial charge is 0.496 e. The molecule has 7 heteroatoms. The van der Waals surface area contributed by atoms with Gasteiger partial charge in [-0.2, -0.15) is 8.42 Å². The zero-order valence-electron chi connectivity index (χ0n) is 11.0. The number of carbonyl (C=O) groups excluding carboxylic acids is 1. The first-order valence-corrected chi connectivity index (χ1v) is 7.30. The number of methoxy groups -OCH3 is 1. The molecule has 2 aromatic carbocycles. The van der Waals surface area contributed by atoms with Crippen molar-refractivity contribution in [3.05, 3.63) is 54.1 Å². The number of nitrogens with one attached hydrogen (secondary N) is 1. The van der Waals surface area contributed by atoms with Crippen molar-refractivity contribution in [1.29, 1.82) is 0 Å². The van der Waals surface area contributed by atoms with Crippen LogP contribution in [0.3, 0.4) is 0 Å². The molecule has 110 valence electrons. The summed E-state index contributed by atoms with van der Waals surface area (Å²) < 4.78 is 40.3. The Labute approximate surface area is 121 Å². The highest BCUT2D eigenvalue weighted by molar-refractivity contribution is 7.86. The van der Waals surface area contributed by atoms with Crippen molar-refractivity contribution in [2.75, 3.05) is 12.4 Å². The molecule has 0 heterocycles. The van der Waals surface area contributed by atoms with Crippen molar-refractivity contribution in [1.82, 2.24) is 0 Å². The van der Waals surface area contributed by atoms with Gasteiger partial charge in [-0.15, -0.1) is 3.89 Å². The molecule has 21 heavy (non-hydrogen) atoms. The fourth-order valence-electron chi connectivity index (χ4n) is 1.80. The highest BCUT2D eigenvalue weighted by Crippen LogP contribution is 2.25. The molecular formula is C14H12FNO4S. The first-order chi connectivity index (χ1) is 9.93. The van der Waals surface area contributed by atoms with Crippen LogP contribution in [0.1, 0.15) is 10.4 Å². The van der Waals surface area contributed by atoms with Crippen LogP contribution in [0, 0.1) is 0 Å². The Morgan fingerprint density at radius 3 is 2.38 bits per heavy atom. The van der Waals surface area contributed by atoms with Gasteiger partial charge in [-0.25, -0.2) is 0 Å². The normalized spacial score (nSPS) is 11.0. The summed E-state index contributed by atoms with van der Waals surface area (Å²) >= 11 is 0. The number of amides is 1. The number of rotatable bonds is 4. The Hall–Kier alpha value is -2.41. The van der Waals surface area contributed by atoms with Crippen LogP contribution in [-0.4, -0.2) is 21.4 Å². The van der Waals surface area contributed by atoms with E-state index in [9.17, 15) is 17.1 Å². The summed E-state index contributed by atoms with van der Waals surface area (Å²) in [5, 5.41) is 2.37. The van der Waals surface area contributed by atoms with Gasteiger partial charge in [0, 0.05) is 0 Å². The van der Waals surface area contributed by atoms with Gasteiger partial charge in [-0.3, -0.25) is 4.79 Å². The zero-order valence-corrected chi connectivity index (χ0v) is 11.9. The van der Waals surface area contributed by atoms with Gasteiger partial charge in [0.2, 0.25) is 0 Å². The first kappa shape index (κ1) is 15.0. The van der Waals surface area contributed by atoms with Gasteiger partial charge in [0.15, 0.2) is 0 Å². The van der Waals surface area contributed by atoms with E-state index in [0.717, 1.165) is 6.07 Å². The predicted octanol–water partition coefficient (Wildman–Crippen LogP) is 2.61. The third-order valence-electron chi connectivity index (χ3n) is 2.75. The number of anilines is 1. The minimum atomic E-state index is -4.92. The second kappa shape index (κ2) is 5.92. The second-order valence-electron chi connectivity index (χ2n) is 4.09. The molecule has 0 aliphatic rings. The lowest BCUT2D eigenvalue weighted by molar-refractivity contribution is 0.102. The number of carbonyl (C=O) groups is 1. The number of hydrogen-bond acceptors (Lipinski definition) is 4. The third-order valence-corrected chi connectivity index (χ3v) is 3.63. The quantitative estimate of drug-likeness (QED) is 0.881. The van der Waals surface area contributed by atoms with Crippen LogP contribution < -0.4 is 10.1 Å². The molecule has 0 saturated carbocycles. The van der Waals surface area contributed by atoms with Crippen LogP contribution in [-0.2, 0) is 10.2 Å². The molecule has 0 aromatic heterocycles. The molecule has 0 atom stereocenters. The number of hydrogen-bond donors (Lipinski definition) is 1. The monoisotopic (exact) mass is 309 g/mol. The highest BCUT2D eigenvalue weighted by atomic mass is 32.3. The number of para-hydroxylation sites is 2. The molecule has 0 radical (unpaired) electrons. The summed E-state index contributed by atoms with van der Waals surface area (Å²) in [6.07, 6.45) is 0. The van der Waals surface area contributed by atoms with Crippen LogP contribution >= 0.6 is 0 Å². The predicted molar refractivity (Wildman–Crippen MR) is 75.7 cm³/mol. The van der Waals surface area contributed by atoms with E-state index in [1.807, 2.05) is 0 Å². The van der Waals surface area contributed by atoms with E-state index in [4.69, 9.17) is 4.74 Å². The van der Waals surface area contributed by atoms with Gasteiger partial charge in [-0.1, -0.05) is 24.3 Å². The molecule has 0 fully saturated rings. The van der Waals surface area contributed by atoms with Crippen LogP contribution in [0.5, 0.6) is 5.75 Å². The molecule has 0 aliphatic heterocycles. The molecule has 0 aliphatic carbocycles. The van der Waals surface area contributed by atoms with E-state index in [1.165, 1.54) is 31.4 Å². The maximum atomic E-state index is 13.2. The zero-order chi connectivity index (χ0) is 15.5. The van der Waals surface area contributed by atoms with Crippen LogP contribution in [0.15, 0.2) is 53.4 Å². The van der Waals surface area contributed by atoms with E-state index < -0.39 is 21.0 Å². The Kier molecular flexibility index (Phi) is 4.23. The van der Waals surface area contributed by atoms with Crippen molar-refractivity contribution in [3.63, 3.8) is 0 Å². The van der Waals surface area contributed by atoms with Gasteiger partial charge in [0.1, 0.15) is 10.6 Å². The van der Waals surface area contributed by atoms with Gasteiger partial charge < -0.3 is 10.1 Å². The number of halogens is 1. The summed E-state index contributed by atoms with van der Waals surface area (Å²) in [5.74, 6) is -0.265. The average molecular weight is 309 g/mol. The van der Waals surface area contributed by atoms with Gasteiger partial charge in [0.05, 0.1) is 18.4 Å². The molecule has 1 N–H and O–H groups in total. The Balaban J connectivity index is 2.37. The molecule has 0 saturated heterocycles. The summed E-state index contributed by atoms with van der Waals surface area (Å²) in [6, 6.07) is 11.7. The summed E-state index contributed by atoms with van der Waals surface area (Å²) in [5.41, 5.74) is 0.0852. The van der Waals surface area contributed by atoms with Crippen LogP contribution in [0.2, 0.25) is 0 Å². The lowest BCUT2D eigenvalue weighted by atomic mass is 10.2. The van der Waals surface area contributed by atoms with E-state index in [0.29, 0.717) is 5.75 Å². The van der Waals surface area contributed by atoms with Crippen molar-refractivity contribution < 1.29 is 21.8 Å². The minimum Gasteiger partial charge on any atom is -0.496 e. The van der Waals surface area contributed by atoms with Gasteiger partial charge in [-0.05, 0) is 24.3 Å². The van der Waals surface area contributed by atoms with E-state index >= 15 is 0 Å². The first-order valence-electron chi connectivity index (χ1n) is 5.91.